The number of ether oxygens (including phenoxy) is 1. The van der Waals surface area contributed by atoms with Crippen LogP contribution in [0.2, 0.25) is 5.02 Å². The van der Waals surface area contributed by atoms with Crippen LogP contribution in [0.4, 0.5) is 0 Å². The van der Waals surface area contributed by atoms with E-state index in [9.17, 15) is 4.79 Å². The van der Waals surface area contributed by atoms with E-state index in [0.717, 1.165) is 10.4 Å². The molecule has 0 spiro atoms. The first-order valence-corrected chi connectivity index (χ1v) is 6.81. The molecule has 2 aromatic rings. The molecule has 0 atom stereocenters. The van der Waals surface area contributed by atoms with Crippen LogP contribution in [-0.4, -0.2) is 11.9 Å². The van der Waals surface area contributed by atoms with Crippen molar-refractivity contribution < 1.29 is 9.53 Å². The highest BCUT2D eigenvalue weighted by Gasteiger charge is 2.24. The van der Waals surface area contributed by atoms with E-state index >= 15 is 0 Å². The Bertz CT molecular complexity index is 689. The Labute approximate surface area is 118 Å². The number of nitrogens with zero attached hydrogens (tertiary/aromatic N) is 1. The molecule has 1 aromatic heterocycles. The summed E-state index contributed by atoms with van der Waals surface area (Å²) in [5.41, 5.74) is 1.00. The summed E-state index contributed by atoms with van der Waals surface area (Å²) >= 11 is 7.52. The second-order valence-electron chi connectivity index (χ2n) is 3.83. The molecule has 2 heterocycles. The van der Waals surface area contributed by atoms with E-state index in [4.69, 9.17) is 16.3 Å². The van der Waals surface area contributed by atoms with E-state index < -0.39 is 5.97 Å². The van der Waals surface area contributed by atoms with Crippen molar-refractivity contribution in [2.45, 2.75) is 0 Å². The molecule has 0 saturated heterocycles. The highest BCUT2D eigenvalue weighted by atomic mass is 35.5. The van der Waals surface area contributed by atoms with Gasteiger partial charge < -0.3 is 4.74 Å². The van der Waals surface area contributed by atoms with Gasteiger partial charge in [0.25, 0.3) is 0 Å². The quantitative estimate of drug-likeness (QED) is 0.624. The Morgan fingerprint density at radius 3 is 2.79 bits per heavy atom. The number of aliphatic imine (C=N–C) groups is 1. The van der Waals surface area contributed by atoms with Gasteiger partial charge in [0, 0.05) is 5.02 Å². The van der Waals surface area contributed by atoms with Gasteiger partial charge in [0.05, 0.1) is 4.88 Å². The van der Waals surface area contributed by atoms with Gasteiger partial charge in [0.15, 0.2) is 5.70 Å². The van der Waals surface area contributed by atoms with Crippen LogP contribution in [0.3, 0.4) is 0 Å². The Morgan fingerprint density at radius 1 is 1.21 bits per heavy atom. The van der Waals surface area contributed by atoms with Gasteiger partial charge in [0.1, 0.15) is 0 Å². The van der Waals surface area contributed by atoms with Crippen molar-refractivity contribution in [3.05, 3.63) is 62.9 Å². The number of benzene rings is 1. The van der Waals surface area contributed by atoms with Gasteiger partial charge in [0.2, 0.25) is 5.90 Å². The Kier molecular flexibility index (Phi) is 3.19. The van der Waals surface area contributed by atoms with Crippen molar-refractivity contribution >= 4 is 40.9 Å². The van der Waals surface area contributed by atoms with E-state index in [-0.39, 0.29) is 5.70 Å². The van der Waals surface area contributed by atoms with Gasteiger partial charge in [-0.3, -0.25) is 0 Å². The van der Waals surface area contributed by atoms with Crippen molar-refractivity contribution in [2.24, 2.45) is 4.99 Å². The lowest BCUT2D eigenvalue weighted by molar-refractivity contribution is -0.129. The van der Waals surface area contributed by atoms with Crippen LogP contribution in [-0.2, 0) is 9.53 Å². The zero-order valence-electron chi connectivity index (χ0n) is 9.67. The molecule has 0 bridgehead atoms. The molecular formula is C14H8ClNO2S. The van der Waals surface area contributed by atoms with Crippen molar-refractivity contribution in [1.82, 2.24) is 0 Å². The van der Waals surface area contributed by atoms with Crippen LogP contribution in [0.1, 0.15) is 10.4 Å². The molecule has 0 unspecified atom stereocenters. The fourth-order valence-electron chi connectivity index (χ4n) is 1.65. The lowest BCUT2D eigenvalue weighted by atomic mass is 10.2. The Hall–Kier alpha value is -1.91. The molecule has 3 nitrogen and oxygen atoms in total. The van der Waals surface area contributed by atoms with Crippen molar-refractivity contribution in [2.75, 3.05) is 0 Å². The van der Waals surface area contributed by atoms with E-state index in [1.165, 1.54) is 11.3 Å². The number of hydrogen-bond donors (Lipinski definition) is 0. The molecule has 1 aromatic carbocycles. The van der Waals surface area contributed by atoms with Crippen LogP contribution >= 0.6 is 22.9 Å². The lowest BCUT2D eigenvalue weighted by Gasteiger charge is -1.96. The molecule has 5 heteroatoms. The minimum absolute atomic E-state index is 0.261. The summed E-state index contributed by atoms with van der Waals surface area (Å²) in [6.07, 6.45) is 1.63. The van der Waals surface area contributed by atoms with Gasteiger partial charge in [-0.1, -0.05) is 35.9 Å². The summed E-state index contributed by atoms with van der Waals surface area (Å²) < 4.78 is 5.14. The van der Waals surface area contributed by atoms with Gasteiger partial charge in [-0.15, -0.1) is 11.3 Å². The molecule has 0 fully saturated rings. The van der Waals surface area contributed by atoms with Gasteiger partial charge in [-0.05, 0) is 29.2 Å². The SMILES string of the molecule is O=C1OC(c2cccs2)=N/C1=C\c1ccccc1Cl. The summed E-state index contributed by atoms with van der Waals surface area (Å²) in [7, 11) is 0. The molecule has 1 aliphatic heterocycles. The molecular weight excluding hydrogens is 282 g/mol. The third-order valence-electron chi connectivity index (χ3n) is 2.55. The molecule has 94 valence electrons. The maximum absolute atomic E-state index is 11.8. The molecule has 19 heavy (non-hydrogen) atoms. The van der Waals surface area contributed by atoms with Gasteiger partial charge in [-0.2, -0.15) is 0 Å². The minimum atomic E-state index is -0.455. The summed E-state index contributed by atoms with van der Waals surface area (Å²) in [6, 6.07) is 11.0. The zero-order chi connectivity index (χ0) is 13.2. The monoisotopic (exact) mass is 289 g/mol. The largest absolute Gasteiger partial charge is 0.401 e. The zero-order valence-corrected chi connectivity index (χ0v) is 11.2. The standard InChI is InChI=1S/C14H8ClNO2S/c15-10-5-2-1-4-9(10)8-11-14(17)18-13(16-11)12-6-3-7-19-12/h1-8H/b11-8-. The van der Waals surface area contributed by atoms with Crippen LogP contribution in [0.25, 0.3) is 6.08 Å². The second-order valence-corrected chi connectivity index (χ2v) is 5.19. The number of rotatable bonds is 2. The highest BCUT2D eigenvalue weighted by molar-refractivity contribution is 7.12. The summed E-state index contributed by atoms with van der Waals surface area (Å²) in [6.45, 7) is 0. The number of esters is 1. The summed E-state index contributed by atoms with van der Waals surface area (Å²) in [5, 5.41) is 2.48. The second kappa shape index (κ2) is 4.99. The predicted octanol–water partition coefficient (Wildman–Crippen LogP) is 3.75. The van der Waals surface area contributed by atoms with E-state index in [1.807, 2.05) is 35.7 Å². The van der Waals surface area contributed by atoms with E-state index in [0.29, 0.717) is 10.9 Å². The third kappa shape index (κ3) is 2.45. The maximum atomic E-state index is 11.8. The number of cyclic esters (lactones) is 1. The first kappa shape index (κ1) is 12.1. The fraction of sp³-hybridized carbons (Fsp3) is 0. The Morgan fingerprint density at radius 2 is 2.05 bits per heavy atom. The average molecular weight is 290 g/mol. The average Bonchev–Trinajstić information content (AvgIpc) is 3.02. The molecule has 1 aliphatic rings. The number of halogens is 1. The molecule has 0 aliphatic carbocycles. The van der Waals surface area contributed by atoms with Crippen molar-refractivity contribution in [3.8, 4) is 0 Å². The van der Waals surface area contributed by atoms with Crippen LogP contribution in [0.5, 0.6) is 0 Å². The van der Waals surface area contributed by atoms with E-state index in [2.05, 4.69) is 4.99 Å². The number of carbonyl (C=O) groups excluding carboxylic acids is 1. The molecule has 3 rings (SSSR count). The number of hydrogen-bond acceptors (Lipinski definition) is 4. The fourth-order valence-corrected chi connectivity index (χ4v) is 2.49. The minimum Gasteiger partial charge on any atom is -0.401 e. The number of carbonyl (C=O) groups is 1. The van der Waals surface area contributed by atoms with Gasteiger partial charge in [-0.25, -0.2) is 9.79 Å². The predicted molar refractivity (Wildman–Crippen MR) is 76.4 cm³/mol. The normalized spacial score (nSPS) is 16.6. The molecule has 0 saturated carbocycles. The molecule has 0 N–H and O–H groups in total. The van der Waals surface area contributed by atoms with Crippen molar-refractivity contribution in [1.29, 1.82) is 0 Å². The Balaban J connectivity index is 1.98. The van der Waals surface area contributed by atoms with Crippen LogP contribution < -0.4 is 0 Å². The third-order valence-corrected chi connectivity index (χ3v) is 3.75. The molecule has 0 amide bonds. The van der Waals surface area contributed by atoms with E-state index in [1.54, 1.807) is 12.1 Å². The first-order valence-electron chi connectivity index (χ1n) is 5.55. The summed E-state index contributed by atoms with van der Waals surface area (Å²) in [4.78, 5) is 16.8. The lowest BCUT2D eigenvalue weighted by Crippen LogP contribution is -2.03. The molecule has 0 radical (unpaired) electrons. The highest BCUT2D eigenvalue weighted by Crippen LogP contribution is 2.24. The van der Waals surface area contributed by atoms with Crippen LogP contribution in [0, 0.1) is 0 Å². The van der Waals surface area contributed by atoms with Gasteiger partial charge >= 0.3 is 5.97 Å². The van der Waals surface area contributed by atoms with Crippen molar-refractivity contribution in [3.63, 3.8) is 0 Å². The first-order chi connectivity index (χ1) is 9.24. The smallest absolute Gasteiger partial charge is 0.363 e. The number of thiophene rings is 1. The maximum Gasteiger partial charge on any atom is 0.363 e. The van der Waals surface area contributed by atoms with Crippen LogP contribution in [0.15, 0.2) is 52.5 Å². The topological polar surface area (TPSA) is 38.7 Å². The summed E-state index contributed by atoms with van der Waals surface area (Å²) in [5.74, 6) is -0.110.